The van der Waals surface area contributed by atoms with Gasteiger partial charge in [-0.25, -0.2) is 12.8 Å². The van der Waals surface area contributed by atoms with E-state index in [1.807, 2.05) is 0 Å². The van der Waals surface area contributed by atoms with Gasteiger partial charge >= 0.3 is 0 Å². The third kappa shape index (κ3) is 2.60. The predicted molar refractivity (Wildman–Crippen MR) is 64.8 cm³/mol. The Kier molecular flexibility index (Phi) is 3.68. The average Bonchev–Trinajstić information content (AvgIpc) is 2.38. The molecule has 1 heterocycles. The molecule has 1 aliphatic heterocycles. The van der Waals surface area contributed by atoms with Crippen LogP contribution in [0.25, 0.3) is 0 Å². The normalized spacial score (nSPS) is 16.8. The van der Waals surface area contributed by atoms with Gasteiger partial charge in [-0.05, 0) is 6.07 Å². The van der Waals surface area contributed by atoms with E-state index in [9.17, 15) is 27.7 Å². The molecule has 1 amide bonds. The summed E-state index contributed by atoms with van der Waals surface area (Å²) in [5.74, 6) is -1.70. The molecule has 1 aromatic rings. The van der Waals surface area contributed by atoms with E-state index in [-0.39, 0.29) is 13.1 Å². The van der Waals surface area contributed by atoms with Crippen molar-refractivity contribution in [2.45, 2.75) is 4.90 Å². The molecule has 0 saturated carbocycles. The van der Waals surface area contributed by atoms with Crippen LogP contribution in [0.3, 0.4) is 0 Å². The van der Waals surface area contributed by atoms with Crippen LogP contribution >= 0.6 is 0 Å². The molecule has 0 radical (unpaired) electrons. The molecule has 0 aliphatic carbocycles. The first-order chi connectivity index (χ1) is 9.32. The first kappa shape index (κ1) is 14.3. The molecular formula is C10H10FN3O5S. The maximum absolute atomic E-state index is 13.7. The molecule has 0 aromatic heterocycles. The number of hydrogen-bond acceptors (Lipinski definition) is 5. The van der Waals surface area contributed by atoms with Gasteiger partial charge in [-0.2, -0.15) is 4.31 Å². The lowest BCUT2D eigenvalue weighted by atomic mass is 10.3. The van der Waals surface area contributed by atoms with Gasteiger partial charge in [0, 0.05) is 19.2 Å². The molecule has 1 fully saturated rings. The zero-order valence-corrected chi connectivity index (χ0v) is 10.9. The van der Waals surface area contributed by atoms with Gasteiger partial charge < -0.3 is 5.32 Å². The van der Waals surface area contributed by atoms with E-state index < -0.39 is 43.8 Å². The van der Waals surface area contributed by atoms with Gasteiger partial charge in [0.25, 0.3) is 5.69 Å². The summed E-state index contributed by atoms with van der Waals surface area (Å²) < 4.78 is 38.9. The highest BCUT2D eigenvalue weighted by molar-refractivity contribution is 7.89. The van der Waals surface area contributed by atoms with Crippen LogP contribution in [0.4, 0.5) is 10.1 Å². The summed E-state index contributed by atoms with van der Waals surface area (Å²) in [5, 5.41) is 12.9. The topological polar surface area (TPSA) is 110 Å². The second-order valence-corrected chi connectivity index (χ2v) is 5.97. The molecule has 20 heavy (non-hydrogen) atoms. The standard InChI is InChI=1S/C10H10FN3O5S/c11-8-5-7(14(16)17)1-2-9(8)20(18,19)13-4-3-12-10(15)6-13/h1-2,5H,3-4,6H2,(H,12,15). The van der Waals surface area contributed by atoms with Gasteiger partial charge in [-0.1, -0.05) is 0 Å². The van der Waals surface area contributed by atoms with Gasteiger partial charge in [0.05, 0.1) is 17.5 Å². The SMILES string of the molecule is O=C1CN(S(=O)(=O)c2ccc([N+](=O)[O-])cc2F)CCN1. The van der Waals surface area contributed by atoms with E-state index >= 15 is 0 Å². The van der Waals surface area contributed by atoms with Gasteiger partial charge in [-0.3, -0.25) is 14.9 Å². The Morgan fingerprint density at radius 1 is 1.40 bits per heavy atom. The number of benzene rings is 1. The Labute approximate surface area is 113 Å². The number of amides is 1. The number of sulfonamides is 1. The van der Waals surface area contributed by atoms with E-state index in [1.54, 1.807) is 0 Å². The van der Waals surface area contributed by atoms with Crippen molar-refractivity contribution >= 4 is 21.6 Å². The fraction of sp³-hybridized carbons (Fsp3) is 0.300. The fourth-order valence-electron chi connectivity index (χ4n) is 1.77. The Balaban J connectivity index is 2.39. The molecule has 8 nitrogen and oxygen atoms in total. The largest absolute Gasteiger partial charge is 0.354 e. The number of carbonyl (C=O) groups excluding carboxylic acids is 1. The van der Waals surface area contributed by atoms with Crippen LogP contribution in [0.1, 0.15) is 0 Å². The van der Waals surface area contributed by atoms with Crippen LogP contribution in [-0.4, -0.2) is 43.2 Å². The van der Waals surface area contributed by atoms with Crippen LogP contribution in [-0.2, 0) is 14.8 Å². The number of non-ortho nitro benzene ring substituents is 1. The zero-order valence-electron chi connectivity index (χ0n) is 10.1. The third-order valence-electron chi connectivity index (χ3n) is 2.75. The number of hydrogen-bond donors (Lipinski definition) is 1. The number of halogens is 1. The lowest BCUT2D eigenvalue weighted by Gasteiger charge is -2.25. The smallest absolute Gasteiger partial charge is 0.272 e. The van der Waals surface area contributed by atoms with Crippen molar-refractivity contribution < 1.29 is 22.5 Å². The molecule has 0 atom stereocenters. The summed E-state index contributed by atoms with van der Waals surface area (Å²) in [6.07, 6.45) is 0. The van der Waals surface area contributed by atoms with Gasteiger partial charge in [-0.15, -0.1) is 0 Å². The Morgan fingerprint density at radius 2 is 2.10 bits per heavy atom. The molecule has 2 rings (SSSR count). The number of nitro groups is 1. The number of rotatable bonds is 3. The minimum atomic E-state index is -4.19. The molecule has 1 N–H and O–H groups in total. The molecule has 0 spiro atoms. The maximum atomic E-state index is 13.7. The summed E-state index contributed by atoms with van der Waals surface area (Å²) in [7, 11) is -4.19. The highest BCUT2D eigenvalue weighted by Gasteiger charge is 2.31. The van der Waals surface area contributed by atoms with Crippen molar-refractivity contribution in [3.05, 3.63) is 34.1 Å². The minimum absolute atomic E-state index is 0.0184. The lowest BCUT2D eigenvalue weighted by molar-refractivity contribution is -0.385. The van der Waals surface area contributed by atoms with E-state index in [1.165, 1.54) is 0 Å². The van der Waals surface area contributed by atoms with Crippen molar-refractivity contribution in [3.63, 3.8) is 0 Å². The number of nitrogens with zero attached hydrogens (tertiary/aromatic N) is 2. The molecule has 1 saturated heterocycles. The second-order valence-electron chi connectivity index (χ2n) is 4.06. The van der Waals surface area contributed by atoms with E-state index in [2.05, 4.69) is 5.32 Å². The molecule has 0 unspecified atom stereocenters. The summed E-state index contributed by atoms with van der Waals surface area (Å²) >= 11 is 0. The van der Waals surface area contributed by atoms with E-state index in [4.69, 9.17) is 0 Å². The van der Waals surface area contributed by atoms with E-state index in [0.29, 0.717) is 6.07 Å². The molecule has 1 aromatic carbocycles. The first-order valence-electron chi connectivity index (χ1n) is 5.53. The van der Waals surface area contributed by atoms with Crippen LogP contribution < -0.4 is 5.32 Å². The summed E-state index contributed by atoms with van der Waals surface area (Å²) in [6.45, 7) is -0.254. The highest BCUT2D eigenvalue weighted by atomic mass is 32.2. The summed E-state index contributed by atoms with van der Waals surface area (Å²) in [4.78, 5) is 20.2. The molecule has 108 valence electrons. The Morgan fingerprint density at radius 3 is 2.65 bits per heavy atom. The summed E-state index contributed by atoms with van der Waals surface area (Å²) in [6, 6.07) is 2.27. The Hall–Kier alpha value is -2.07. The van der Waals surface area contributed by atoms with Crippen molar-refractivity contribution in [2.24, 2.45) is 0 Å². The van der Waals surface area contributed by atoms with Crippen LogP contribution in [0.15, 0.2) is 23.1 Å². The van der Waals surface area contributed by atoms with E-state index in [0.717, 1.165) is 16.4 Å². The number of piperazine rings is 1. The molecular weight excluding hydrogens is 293 g/mol. The van der Waals surface area contributed by atoms with Crippen molar-refractivity contribution in [3.8, 4) is 0 Å². The number of nitro benzene ring substituents is 1. The van der Waals surface area contributed by atoms with Crippen LogP contribution in [0.5, 0.6) is 0 Å². The van der Waals surface area contributed by atoms with Gasteiger partial charge in [0.2, 0.25) is 15.9 Å². The number of nitrogens with one attached hydrogen (secondary N) is 1. The maximum Gasteiger partial charge on any atom is 0.272 e. The third-order valence-corrected chi connectivity index (χ3v) is 4.63. The predicted octanol–water partition coefficient (Wildman–Crippen LogP) is -0.146. The van der Waals surface area contributed by atoms with Gasteiger partial charge in [0.1, 0.15) is 10.7 Å². The monoisotopic (exact) mass is 303 g/mol. The Bertz CT molecular complexity index is 675. The highest BCUT2D eigenvalue weighted by Crippen LogP contribution is 2.23. The second kappa shape index (κ2) is 5.13. The summed E-state index contributed by atoms with van der Waals surface area (Å²) in [5.41, 5.74) is -0.544. The van der Waals surface area contributed by atoms with Crippen molar-refractivity contribution in [2.75, 3.05) is 19.6 Å². The van der Waals surface area contributed by atoms with Gasteiger partial charge in [0.15, 0.2) is 0 Å². The average molecular weight is 303 g/mol. The molecule has 0 bridgehead atoms. The fourth-order valence-corrected chi connectivity index (χ4v) is 3.21. The van der Waals surface area contributed by atoms with Crippen molar-refractivity contribution in [1.29, 1.82) is 0 Å². The van der Waals surface area contributed by atoms with Crippen LogP contribution in [0, 0.1) is 15.9 Å². The first-order valence-corrected chi connectivity index (χ1v) is 6.97. The molecule has 10 heteroatoms. The van der Waals surface area contributed by atoms with Crippen molar-refractivity contribution in [1.82, 2.24) is 9.62 Å². The zero-order chi connectivity index (χ0) is 14.9. The van der Waals surface area contributed by atoms with Crippen LogP contribution in [0.2, 0.25) is 0 Å². The molecule has 1 aliphatic rings. The lowest BCUT2D eigenvalue weighted by Crippen LogP contribution is -2.49. The number of carbonyl (C=O) groups is 1. The minimum Gasteiger partial charge on any atom is -0.354 e. The quantitative estimate of drug-likeness (QED) is 0.617.